The molecule has 2 aliphatic heterocycles. The van der Waals surface area contributed by atoms with E-state index >= 15 is 0 Å². The molecule has 0 saturated carbocycles. The van der Waals surface area contributed by atoms with Crippen LogP contribution in [0.1, 0.15) is 19.8 Å². The van der Waals surface area contributed by atoms with Crippen LogP contribution in [0.4, 0.5) is 10.1 Å². The molecule has 1 aromatic rings. The van der Waals surface area contributed by atoms with Gasteiger partial charge in [-0.1, -0.05) is 12.1 Å². The highest BCUT2D eigenvalue weighted by Crippen LogP contribution is 2.29. The number of piperidine rings is 1. The number of carbonyl (C=O) groups excluding carboxylic acids is 1. The summed E-state index contributed by atoms with van der Waals surface area (Å²) < 4.78 is 13.9. The van der Waals surface area contributed by atoms with Crippen LogP contribution in [0, 0.1) is 11.2 Å². The molecule has 0 aromatic heterocycles. The maximum Gasteiger partial charge on any atom is 0.229 e. The highest BCUT2D eigenvalue weighted by molar-refractivity contribution is 5.83. The topological polar surface area (TPSA) is 35.6 Å². The smallest absolute Gasteiger partial charge is 0.229 e. The normalized spacial score (nSPS) is 26.1. The van der Waals surface area contributed by atoms with E-state index in [1.165, 1.54) is 6.07 Å². The van der Waals surface area contributed by atoms with Crippen molar-refractivity contribution in [2.75, 3.05) is 44.2 Å². The monoisotopic (exact) mass is 305 g/mol. The molecule has 2 heterocycles. The number of benzene rings is 1. The lowest BCUT2D eigenvalue weighted by molar-refractivity contribution is -0.142. The van der Waals surface area contributed by atoms with Gasteiger partial charge in [0.1, 0.15) is 5.82 Å². The lowest BCUT2D eigenvalue weighted by Crippen LogP contribution is -2.56. The van der Waals surface area contributed by atoms with Gasteiger partial charge in [0.15, 0.2) is 0 Å². The van der Waals surface area contributed by atoms with Gasteiger partial charge in [-0.25, -0.2) is 4.39 Å². The van der Waals surface area contributed by atoms with Gasteiger partial charge in [-0.15, -0.1) is 0 Å². The minimum absolute atomic E-state index is 0.189. The standard InChI is InChI=1S/C17H24FN3O/c1-17(7-4-8-19-13-17)16(22)21-11-9-20(10-12-21)15-6-3-2-5-14(15)18/h2-3,5-6,19H,4,7-13H2,1H3. The molecule has 1 amide bonds. The summed E-state index contributed by atoms with van der Waals surface area (Å²) in [5, 5.41) is 3.33. The second-order valence-corrected chi connectivity index (χ2v) is 6.57. The summed E-state index contributed by atoms with van der Waals surface area (Å²) >= 11 is 0. The molecule has 0 bridgehead atoms. The van der Waals surface area contributed by atoms with E-state index in [1.54, 1.807) is 12.1 Å². The Labute approximate surface area is 131 Å². The van der Waals surface area contributed by atoms with E-state index in [0.29, 0.717) is 31.9 Å². The third kappa shape index (κ3) is 2.95. The van der Waals surface area contributed by atoms with Crippen LogP contribution >= 0.6 is 0 Å². The van der Waals surface area contributed by atoms with Crippen molar-refractivity contribution < 1.29 is 9.18 Å². The first-order chi connectivity index (χ1) is 10.6. The number of hydrogen-bond donors (Lipinski definition) is 1. The summed E-state index contributed by atoms with van der Waals surface area (Å²) in [7, 11) is 0. The van der Waals surface area contributed by atoms with Crippen molar-refractivity contribution in [1.82, 2.24) is 10.2 Å². The fourth-order valence-electron chi connectivity index (χ4n) is 3.48. The first-order valence-electron chi connectivity index (χ1n) is 8.10. The van der Waals surface area contributed by atoms with E-state index in [-0.39, 0.29) is 17.1 Å². The van der Waals surface area contributed by atoms with Crippen molar-refractivity contribution in [3.63, 3.8) is 0 Å². The fourth-order valence-corrected chi connectivity index (χ4v) is 3.48. The third-order valence-corrected chi connectivity index (χ3v) is 4.87. The van der Waals surface area contributed by atoms with Crippen molar-refractivity contribution in [3.05, 3.63) is 30.1 Å². The number of anilines is 1. The summed E-state index contributed by atoms with van der Waals surface area (Å²) in [5.74, 6) is 0.0543. The van der Waals surface area contributed by atoms with Gasteiger partial charge in [-0.05, 0) is 38.4 Å². The van der Waals surface area contributed by atoms with Gasteiger partial charge in [-0.3, -0.25) is 4.79 Å². The Morgan fingerprint density at radius 1 is 1.23 bits per heavy atom. The van der Waals surface area contributed by atoms with Crippen molar-refractivity contribution in [3.8, 4) is 0 Å². The Morgan fingerprint density at radius 3 is 2.59 bits per heavy atom. The van der Waals surface area contributed by atoms with Crippen molar-refractivity contribution >= 4 is 11.6 Å². The summed E-state index contributed by atoms with van der Waals surface area (Å²) in [6, 6.07) is 6.85. The molecule has 1 atom stereocenters. The summed E-state index contributed by atoms with van der Waals surface area (Å²) in [4.78, 5) is 16.8. The predicted molar refractivity (Wildman–Crippen MR) is 85.4 cm³/mol. The van der Waals surface area contributed by atoms with Crippen LogP contribution in [0.5, 0.6) is 0 Å². The minimum Gasteiger partial charge on any atom is -0.366 e. The molecule has 2 aliphatic rings. The Hall–Kier alpha value is -1.62. The van der Waals surface area contributed by atoms with E-state index in [2.05, 4.69) is 12.2 Å². The largest absolute Gasteiger partial charge is 0.366 e. The predicted octanol–water partition coefficient (Wildman–Crippen LogP) is 1.86. The number of halogens is 1. The number of nitrogens with zero attached hydrogens (tertiary/aromatic N) is 2. The van der Waals surface area contributed by atoms with E-state index in [4.69, 9.17) is 0 Å². The highest BCUT2D eigenvalue weighted by atomic mass is 19.1. The van der Waals surface area contributed by atoms with Crippen LogP contribution in [0.3, 0.4) is 0 Å². The van der Waals surface area contributed by atoms with Gasteiger partial charge in [0.05, 0.1) is 11.1 Å². The van der Waals surface area contributed by atoms with Gasteiger partial charge in [0, 0.05) is 32.7 Å². The molecule has 0 radical (unpaired) electrons. The summed E-state index contributed by atoms with van der Waals surface area (Å²) in [6.45, 7) is 6.55. The average molecular weight is 305 g/mol. The molecule has 2 saturated heterocycles. The number of carbonyl (C=O) groups is 1. The molecule has 1 aromatic carbocycles. The molecular weight excluding hydrogens is 281 g/mol. The molecule has 1 unspecified atom stereocenters. The van der Waals surface area contributed by atoms with Crippen LogP contribution in [-0.4, -0.2) is 50.1 Å². The second kappa shape index (κ2) is 6.24. The van der Waals surface area contributed by atoms with Gasteiger partial charge in [0.25, 0.3) is 0 Å². The lowest BCUT2D eigenvalue weighted by Gasteiger charge is -2.42. The lowest BCUT2D eigenvalue weighted by atomic mass is 9.81. The maximum absolute atomic E-state index is 13.9. The maximum atomic E-state index is 13.9. The quantitative estimate of drug-likeness (QED) is 0.906. The van der Waals surface area contributed by atoms with Crippen molar-refractivity contribution in [2.45, 2.75) is 19.8 Å². The Bertz CT molecular complexity index is 534. The van der Waals surface area contributed by atoms with Crippen LogP contribution in [0.25, 0.3) is 0 Å². The molecular formula is C17H24FN3O. The van der Waals surface area contributed by atoms with Crippen molar-refractivity contribution in [2.24, 2.45) is 5.41 Å². The van der Waals surface area contributed by atoms with Crippen LogP contribution in [0.15, 0.2) is 24.3 Å². The van der Waals surface area contributed by atoms with Gasteiger partial charge < -0.3 is 15.1 Å². The number of piperazine rings is 1. The van der Waals surface area contributed by atoms with Gasteiger partial charge >= 0.3 is 0 Å². The second-order valence-electron chi connectivity index (χ2n) is 6.57. The first kappa shape index (κ1) is 15.3. The fraction of sp³-hybridized carbons (Fsp3) is 0.588. The molecule has 0 aliphatic carbocycles. The number of amides is 1. The van der Waals surface area contributed by atoms with Gasteiger partial charge in [0.2, 0.25) is 5.91 Å². The van der Waals surface area contributed by atoms with E-state index in [1.807, 2.05) is 15.9 Å². The highest BCUT2D eigenvalue weighted by Gasteiger charge is 2.38. The van der Waals surface area contributed by atoms with E-state index in [9.17, 15) is 9.18 Å². The number of para-hydroxylation sites is 1. The zero-order valence-corrected chi connectivity index (χ0v) is 13.1. The van der Waals surface area contributed by atoms with Crippen LogP contribution < -0.4 is 10.2 Å². The molecule has 5 heteroatoms. The van der Waals surface area contributed by atoms with E-state index < -0.39 is 0 Å². The van der Waals surface area contributed by atoms with E-state index in [0.717, 1.165) is 25.9 Å². The Kier molecular flexibility index (Phi) is 4.34. The first-order valence-corrected chi connectivity index (χ1v) is 8.10. The SMILES string of the molecule is CC1(C(=O)N2CCN(c3ccccc3F)CC2)CCCNC1. The van der Waals surface area contributed by atoms with Gasteiger partial charge in [-0.2, -0.15) is 0 Å². The zero-order chi connectivity index (χ0) is 15.6. The molecule has 4 nitrogen and oxygen atoms in total. The summed E-state index contributed by atoms with van der Waals surface area (Å²) in [5.41, 5.74) is 0.360. The van der Waals surface area contributed by atoms with Crippen molar-refractivity contribution in [1.29, 1.82) is 0 Å². The molecule has 3 rings (SSSR count). The molecule has 1 N–H and O–H groups in total. The molecule has 2 fully saturated rings. The molecule has 0 spiro atoms. The number of rotatable bonds is 2. The van der Waals surface area contributed by atoms with Crippen LogP contribution in [-0.2, 0) is 4.79 Å². The average Bonchev–Trinajstić information content (AvgIpc) is 2.55. The molecule has 120 valence electrons. The van der Waals surface area contributed by atoms with Crippen LogP contribution in [0.2, 0.25) is 0 Å². The Balaban J connectivity index is 1.62. The third-order valence-electron chi connectivity index (χ3n) is 4.87. The summed E-state index contributed by atoms with van der Waals surface area (Å²) in [6.07, 6.45) is 2.00. The number of hydrogen-bond acceptors (Lipinski definition) is 3. The zero-order valence-electron chi connectivity index (χ0n) is 13.1. The Morgan fingerprint density at radius 2 is 1.95 bits per heavy atom. The number of nitrogens with one attached hydrogen (secondary N) is 1. The minimum atomic E-state index is -0.279. The molecule has 22 heavy (non-hydrogen) atoms.